The lowest BCUT2D eigenvalue weighted by molar-refractivity contribution is 0.0728. The number of nitrogens with zero attached hydrogens (tertiary/aromatic N) is 1. The molecule has 2 nitrogen and oxygen atoms in total. The zero-order chi connectivity index (χ0) is 15.6. The SMILES string of the molecule is CC(C)CC(C)N(C)C(=O)c1ccc2cc(Br)ccc2c1. The van der Waals surface area contributed by atoms with Gasteiger partial charge in [-0.3, -0.25) is 4.79 Å². The van der Waals surface area contributed by atoms with Gasteiger partial charge in [-0.15, -0.1) is 0 Å². The van der Waals surface area contributed by atoms with Gasteiger partial charge in [0.15, 0.2) is 0 Å². The number of carbonyl (C=O) groups is 1. The van der Waals surface area contributed by atoms with Crippen molar-refractivity contribution in [1.29, 1.82) is 0 Å². The summed E-state index contributed by atoms with van der Waals surface area (Å²) in [6.45, 7) is 6.47. The summed E-state index contributed by atoms with van der Waals surface area (Å²) in [4.78, 5) is 14.4. The van der Waals surface area contributed by atoms with Crippen LogP contribution >= 0.6 is 15.9 Å². The molecule has 0 aromatic heterocycles. The summed E-state index contributed by atoms with van der Waals surface area (Å²) in [5, 5.41) is 2.23. The molecule has 0 heterocycles. The highest BCUT2D eigenvalue weighted by atomic mass is 79.9. The molecular weight excluding hydrogens is 326 g/mol. The Bertz CT molecular complexity index is 651. The van der Waals surface area contributed by atoms with Crippen molar-refractivity contribution >= 4 is 32.6 Å². The minimum Gasteiger partial charge on any atom is -0.339 e. The van der Waals surface area contributed by atoms with E-state index in [0.717, 1.165) is 27.2 Å². The standard InChI is InChI=1S/C18H22BrNO/c1-12(2)9-13(3)20(4)18(21)16-6-5-15-11-17(19)8-7-14(15)10-16/h5-8,10-13H,9H2,1-4H3. The molecule has 2 rings (SSSR count). The third kappa shape index (κ3) is 3.85. The monoisotopic (exact) mass is 347 g/mol. The molecule has 1 amide bonds. The van der Waals surface area contributed by atoms with Gasteiger partial charge in [-0.25, -0.2) is 0 Å². The van der Waals surface area contributed by atoms with Crippen LogP contribution in [0.25, 0.3) is 10.8 Å². The molecule has 1 unspecified atom stereocenters. The van der Waals surface area contributed by atoms with Crippen LogP contribution < -0.4 is 0 Å². The van der Waals surface area contributed by atoms with E-state index in [4.69, 9.17) is 0 Å². The van der Waals surface area contributed by atoms with Gasteiger partial charge in [-0.2, -0.15) is 0 Å². The minimum absolute atomic E-state index is 0.0907. The van der Waals surface area contributed by atoms with E-state index >= 15 is 0 Å². The van der Waals surface area contributed by atoms with Crippen LogP contribution in [0.15, 0.2) is 40.9 Å². The topological polar surface area (TPSA) is 20.3 Å². The van der Waals surface area contributed by atoms with E-state index < -0.39 is 0 Å². The maximum Gasteiger partial charge on any atom is 0.253 e. The normalized spacial score (nSPS) is 12.7. The zero-order valence-electron chi connectivity index (χ0n) is 13.1. The van der Waals surface area contributed by atoms with Gasteiger partial charge in [-0.1, -0.05) is 41.9 Å². The molecule has 0 radical (unpaired) electrons. The number of hydrogen-bond donors (Lipinski definition) is 0. The van der Waals surface area contributed by atoms with Crippen LogP contribution in [-0.2, 0) is 0 Å². The van der Waals surface area contributed by atoms with Crippen molar-refractivity contribution in [2.75, 3.05) is 7.05 Å². The minimum atomic E-state index is 0.0907. The molecule has 3 heteroatoms. The molecule has 2 aromatic rings. The Morgan fingerprint density at radius 3 is 2.38 bits per heavy atom. The molecule has 0 fully saturated rings. The first kappa shape index (κ1) is 16.0. The summed E-state index contributed by atoms with van der Waals surface area (Å²) in [6, 6.07) is 12.2. The van der Waals surface area contributed by atoms with E-state index in [-0.39, 0.29) is 11.9 Å². The van der Waals surface area contributed by atoms with Crippen molar-refractivity contribution in [2.45, 2.75) is 33.2 Å². The van der Waals surface area contributed by atoms with E-state index in [2.05, 4.69) is 42.8 Å². The number of carbonyl (C=O) groups excluding carboxylic acids is 1. The van der Waals surface area contributed by atoms with Gasteiger partial charge in [0.2, 0.25) is 0 Å². The fourth-order valence-electron chi connectivity index (χ4n) is 2.59. The lowest BCUT2D eigenvalue weighted by atomic mass is 10.0. The quantitative estimate of drug-likeness (QED) is 0.752. The maximum absolute atomic E-state index is 12.6. The first-order valence-corrected chi connectivity index (χ1v) is 8.14. The molecule has 1 atom stereocenters. The molecule has 112 valence electrons. The number of hydrogen-bond acceptors (Lipinski definition) is 1. The third-order valence-electron chi connectivity index (χ3n) is 3.84. The molecule has 0 bridgehead atoms. The second-order valence-electron chi connectivity index (χ2n) is 6.10. The van der Waals surface area contributed by atoms with Gasteiger partial charge >= 0.3 is 0 Å². The maximum atomic E-state index is 12.6. The van der Waals surface area contributed by atoms with Crippen LogP contribution in [0.1, 0.15) is 37.6 Å². The van der Waals surface area contributed by atoms with E-state index in [1.807, 2.05) is 42.3 Å². The van der Waals surface area contributed by atoms with E-state index in [0.29, 0.717) is 5.92 Å². The average molecular weight is 348 g/mol. The van der Waals surface area contributed by atoms with Crippen LogP contribution in [0, 0.1) is 5.92 Å². The van der Waals surface area contributed by atoms with Crippen molar-refractivity contribution in [3.63, 3.8) is 0 Å². The lowest BCUT2D eigenvalue weighted by Crippen LogP contribution is -2.35. The average Bonchev–Trinajstić information content (AvgIpc) is 2.44. The Morgan fingerprint density at radius 2 is 1.71 bits per heavy atom. The molecule has 0 saturated heterocycles. The molecule has 0 N–H and O–H groups in total. The predicted octanol–water partition coefficient (Wildman–Crippen LogP) is 5.11. The second-order valence-corrected chi connectivity index (χ2v) is 7.02. The molecular formula is C18H22BrNO. The molecule has 0 aliphatic heterocycles. The summed E-state index contributed by atoms with van der Waals surface area (Å²) in [5.41, 5.74) is 0.753. The van der Waals surface area contributed by atoms with Gasteiger partial charge in [-0.05, 0) is 54.3 Å². The smallest absolute Gasteiger partial charge is 0.253 e. The summed E-state index contributed by atoms with van der Waals surface area (Å²) in [6.07, 6.45) is 1.02. The third-order valence-corrected chi connectivity index (χ3v) is 4.34. The van der Waals surface area contributed by atoms with Gasteiger partial charge in [0.05, 0.1) is 0 Å². The Hall–Kier alpha value is -1.35. The second kappa shape index (κ2) is 6.61. The molecule has 0 spiro atoms. The fraction of sp³-hybridized carbons (Fsp3) is 0.389. The van der Waals surface area contributed by atoms with Crippen molar-refractivity contribution in [3.05, 3.63) is 46.4 Å². The number of rotatable bonds is 4. The summed E-state index contributed by atoms with van der Waals surface area (Å²) < 4.78 is 1.05. The molecule has 0 aliphatic carbocycles. The van der Waals surface area contributed by atoms with Crippen LogP contribution in [-0.4, -0.2) is 23.9 Å². The van der Waals surface area contributed by atoms with E-state index in [9.17, 15) is 4.79 Å². The van der Waals surface area contributed by atoms with Gasteiger partial charge in [0.25, 0.3) is 5.91 Å². The van der Waals surface area contributed by atoms with Gasteiger partial charge in [0, 0.05) is 23.1 Å². The molecule has 2 aromatic carbocycles. The van der Waals surface area contributed by atoms with E-state index in [1.165, 1.54) is 0 Å². The summed E-state index contributed by atoms with van der Waals surface area (Å²) in [5.74, 6) is 0.678. The van der Waals surface area contributed by atoms with Crippen LogP contribution in [0.5, 0.6) is 0 Å². The highest BCUT2D eigenvalue weighted by molar-refractivity contribution is 9.10. The number of benzene rings is 2. The zero-order valence-corrected chi connectivity index (χ0v) is 14.6. The van der Waals surface area contributed by atoms with Crippen molar-refractivity contribution < 1.29 is 4.79 Å². The Balaban J connectivity index is 2.24. The van der Waals surface area contributed by atoms with Gasteiger partial charge < -0.3 is 4.90 Å². The van der Waals surface area contributed by atoms with Crippen molar-refractivity contribution in [1.82, 2.24) is 4.90 Å². The first-order chi connectivity index (χ1) is 9.88. The van der Waals surface area contributed by atoms with Crippen LogP contribution in [0.4, 0.5) is 0 Å². The fourth-order valence-corrected chi connectivity index (χ4v) is 2.97. The Morgan fingerprint density at radius 1 is 1.10 bits per heavy atom. The Labute approximate surface area is 135 Å². The summed E-state index contributed by atoms with van der Waals surface area (Å²) >= 11 is 3.47. The van der Waals surface area contributed by atoms with Crippen molar-refractivity contribution in [2.24, 2.45) is 5.92 Å². The van der Waals surface area contributed by atoms with E-state index in [1.54, 1.807) is 0 Å². The molecule has 21 heavy (non-hydrogen) atoms. The lowest BCUT2D eigenvalue weighted by Gasteiger charge is -2.26. The number of halogens is 1. The van der Waals surface area contributed by atoms with Crippen molar-refractivity contribution in [3.8, 4) is 0 Å². The van der Waals surface area contributed by atoms with Crippen LogP contribution in [0.3, 0.4) is 0 Å². The first-order valence-electron chi connectivity index (χ1n) is 7.35. The largest absolute Gasteiger partial charge is 0.339 e. The Kier molecular flexibility index (Phi) is 5.04. The molecule has 0 aliphatic rings. The van der Waals surface area contributed by atoms with Gasteiger partial charge in [0.1, 0.15) is 0 Å². The highest BCUT2D eigenvalue weighted by Crippen LogP contribution is 2.22. The highest BCUT2D eigenvalue weighted by Gasteiger charge is 2.18. The predicted molar refractivity (Wildman–Crippen MR) is 92.7 cm³/mol. The molecule has 0 saturated carbocycles. The summed E-state index contributed by atoms with van der Waals surface area (Å²) in [7, 11) is 1.89. The number of amides is 1. The number of fused-ring (bicyclic) bond motifs is 1. The van der Waals surface area contributed by atoms with Crippen LogP contribution in [0.2, 0.25) is 0 Å².